The highest BCUT2D eigenvalue weighted by molar-refractivity contribution is 5.84. The fourth-order valence-corrected chi connectivity index (χ4v) is 1.85. The molecule has 2 aromatic rings. The van der Waals surface area contributed by atoms with Gasteiger partial charge in [0.15, 0.2) is 5.75 Å². The molecule has 0 aliphatic rings. The number of hydrogen-bond acceptors (Lipinski definition) is 9. The van der Waals surface area contributed by atoms with E-state index in [0.29, 0.717) is 11.4 Å². The van der Waals surface area contributed by atoms with Gasteiger partial charge in [-0.1, -0.05) is 0 Å². The van der Waals surface area contributed by atoms with Crippen LogP contribution in [0.4, 0.5) is 22.7 Å². The summed E-state index contributed by atoms with van der Waals surface area (Å²) < 4.78 is 5.57. The third-order valence-electron chi connectivity index (χ3n) is 2.81. The van der Waals surface area contributed by atoms with Crippen LogP contribution in [-0.2, 0) is 19.2 Å². The van der Waals surface area contributed by atoms with Gasteiger partial charge in [0, 0.05) is 0 Å². The van der Waals surface area contributed by atoms with Crippen molar-refractivity contribution in [3.05, 3.63) is 36.4 Å². The fraction of sp³-hybridized carbons (Fsp3) is 0. The standard InChI is InChI=1S/C16H6N4O5/c21-7-17-11-1-3-12(4-2-11)25-14-6-5-13(18-8-22)15(19-9-23)16(14)20-10-24/h1-6H. The second kappa shape index (κ2) is 8.41. The molecule has 0 heterocycles. The Bertz CT molecular complexity index is 990. The van der Waals surface area contributed by atoms with Gasteiger partial charge >= 0.3 is 0 Å². The smallest absolute Gasteiger partial charge is 0.240 e. The molecule has 0 unspecified atom stereocenters. The van der Waals surface area contributed by atoms with Gasteiger partial charge in [-0.2, -0.15) is 20.0 Å². The quantitative estimate of drug-likeness (QED) is 0.591. The molecular weight excluding hydrogens is 328 g/mol. The molecule has 0 atom stereocenters. The zero-order valence-corrected chi connectivity index (χ0v) is 12.3. The maximum absolute atomic E-state index is 10.7. The highest BCUT2D eigenvalue weighted by Gasteiger charge is 2.15. The number of benzene rings is 2. The average molecular weight is 334 g/mol. The molecule has 0 fully saturated rings. The Morgan fingerprint density at radius 1 is 0.640 bits per heavy atom. The van der Waals surface area contributed by atoms with Crippen molar-refractivity contribution in [1.29, 1.82) is 0 Å². The van der Waals surface area contributed by atoms with Crippen molar-refractivity contribution < 1.29 is 23.9 Å². The molecule has 120 valence electrons. The lowest BCUT2D eigenvalue weighted by molar-refractivity contribution is 0.484. The SMILES string of the molecule is O=C=Nc1ccc(Oc2ccc(N=C=O)c(N=C=O)c2N=C=O)cc1. The van der Waals surface area contributed by atoms with Crippen molar-refractivity contribution >= 4 is 47.1 Å². The maximum Gasteiger partial charge on any atom is 0.240 e. The number of carbonyl (C=O) groups excluding carboxylic acids is 4. The predicted molar refractivity (Wildman–Crippen MR) is 84.1 cm³/mol. The van der Waals surface area contributed by atoms with Crippen molar-refractivity contribution in [2.24, 2.45) is 20.0 Å². The molecule has 0 aromatic heterocycles. The molecular formula is C16H6N4O5. The second-order valence-electron chi connectivity index (χ2n) is 4.19. The minimum atomic E-state index is -0.193. The molecule has 9 nitrogen and oxygen atoms in total. The van der Waals surface area contributed by atoms with E-state index in [-0.39, 0.29) is 22.8 Å². The number of ether oxygens (including phenoxy) is 1. The van der Waals surface area contributed by atoms with Gasteiger partial charge in [-0.3, -0.25) is 0 Å². The van der Waals surface area contributed by atoms with E-state index in [2.05, 4.69) is 20.0 Å². The number of rotatable bonds is 6. The molecule has 0 aliphatic carbocycles. The molecule has 0 radical (unpaired) electrons. The zero-order chi connectivity index (χ0) is 18.1. The van der Waals surface area contributed by atoms with Crippen LogP contribution in [0.25, 0.3) is 0 Å². The Morgan fingerprint density at radius 2 is 1.24 bits per heavy atom. The van der Waals surface area contributed by atoms with Crippen molar-refractivity contribution in [3.8, 4) is 11.5 Å². The van der Waals surface area contributed by atoms with Crippen LogP contribution in [0.5, 0.6) is 11.5 Å². The Hall–Kier alpha value is -4.24. The summed E-state index contributed by atoms with van der Waals surface area (Å²) in [5.41, 5.74) is -0.0306. The highest BCUT2D eigenvalue weighted by atomic mass is 16.5. The maximum atomic E-state index is 10.7. The van der Waals surface area contributed by atoms with Crippen LogP contribution in [0, 0.1) is 0 Å². The van der Waals surface area contributed by atoms with E-state index in [9.17, 15) is 19.2 Å². The summed E-state index contributed by atoms with van der Waals surface area (Å²) in [4.78, 5) is 55.6. The molecule has 0 saturated carbocycles. The van der Waals surface area contributed by atoms with E-state index < -0.39 is 0 Å². The van der Waals surface area contributed by atoms with Gasteiger partial charge in [0.25, 0.3) is 0 Å². The van der Waals surface area contributed by atoms with Crippen molar-refractivity contribution in [2.75, 3.05) is 0 Å². The minimum Gasteiger partial charge on any atom is -0.455 e. The molecule has 0 amide bonds. The van der Waals surface area contributed by atoms with Crippen molar-refractivity contribution in [2.45, 2.75) is 0 Å². The molecule has 0 spiro atoms. The minimum absolute atomic E-state index is 0.0460. The van der Waals surface area contributed by atoms with E-state index in [0.717, 1.165) is 0 Å². The first-order valence-corrected chi connectivity index (χ1v) is 6.50. The van der Waals surface area contributed by atoms with E-state index in [4.69, 9.17) is 4.74 Å². The molecule has 9 heteroatoms. The molecule has 0 aliphatic heterocycles. The van der Waals surface area contributed by atoms with E-state index in [1.165, 1.54) is 60.7 Å². The van der Waals surface area contributed by atoms with Crippen LogP contribution < -0.4 is 4.74 Å². The van der Waals surface area contributed by atoms with Gasteiger partial charge in [0.05, 0.1) is 5.69 Å². The third-order valence-corrected chi connectivity index (χ3v) is 2.81. The average Bonchev–Trinajstić information content (AvgIpc) is 2.62. The van der Waals surface area contributed by atoms with Gasteiger partial charge in [-0.25, -0.2) is 19.2 Å². The molecule has 2 rings (SSSR count). The normalized spacial score (nSPS) is 8.80. The van der Waals surface area contributed by atoms with Crippen LogP contribution in [0.1, 0.15) is 0 Å². The highest BCUT2D eigenvalue weighted by Crippen LogP contribution is 2.45. The van der Waals surface area contributed by atoms with Gasteiger partial charge in [-0.15, -0.1) is 0 Å². The Labute approximate surface area is 139 Å². The second-order valence-corrected chi connectivity index (χ2v) is 4.19. The summed E-state index contributed by atoms with van der Waals surface area (Å²) in [6.07, 6.45) is 5.30. The van der Waals surface area contributed by atoms with E-state index in [1.807, 2.05) is 0 Å². The summed E-state index contributed by atoms with van der Waals surface area (Å²) in [5, 5.41) is 0. The molecule has 0 N–H and O–H groups in total. The number of isocyanates is 4. The predicted octanol–water partition coefficient (Wildman–Crippen LogP) is 3.35. The topological polar surface area (TPSA) is 127 Å². The Kier molecular flexibility index (Phi) is 5.76. The summed E-state index contributed by atoms with van der Waals surface area (Å²) in [6, 6.07) is 8.70. The van der Waals surface area contributed by atoms with Crippen LogP contribution >= 0.6 is 0 Å². The molecule has 25 heavy (non-hydrogen) atoms. The number of hydrogen-bond donors (Lipinski definition) is 0. The first-order valence-electron chi connectivity index (χ1n) is 6.50. The number of nitrogens with zero attached hydrogens (tertiary/aromatic N) is 4. The number of aliphatic imine (C=N–C) groups is 4. The van der Waals surface area contributed by atoms with Crippen molar-refractivity contribution in [3.63, 3.8) is 0 Å². The third kappa shape index (κ3) is 4.15. The first kappa shape index (κ1) is 17.1. The van der Waals surface area contributed by atoms with Gasteiger partial charge in [0.1, 0.15) is 22.8 Å². The molecule has 0 saturated heterocycles. The summed E-state index contributed by atoms with van der Waals surface area (Å²) >= 11 is 0. The van der Waals surface area contributed by atoms with Crippen molar-refractivity contribution in [1.82, 2.24) is 0 Å². The summed E-state index contributed by atoms with van der Waals surface area (Å²) in [5.74, 6) is 0.369. The Morgan fingerprint density at radius 3 is 1.84 bits per heavy atom. The largest absolute Gasteiger partial charge is 0.455 e. The lowest BCUT2D eigenvalue weighted by Gasteiger charge is -2.10. The van der Waals surface area contributed by atoms with Gasteiger partial charge in [-0.05, 0) is 36.4 Å². The van der Waals surface area contributed by atoms with Gasteiger partial charge in [0.2, 0.25) is 24.3 Å². The van der Waals surface area contributed by atoms with E-state index in [1.54, 1.807) is 0 Å². The van der Waals surface area contributed by atoms with Crippen LogP contribution in [0.15, 0.2) is 56.4 Å². The van der Waals surface area contributed by atoms with Gasteiger partial charge < -0.3 is 4.74 Å². The first-order chi connectivity index (χ1) is 12.2. The molecule has 2 aromatic carbocycles. The van der Waals surface area contributed by atoms with Crippen LogP contribution in [0.2, 0.25) is 0 Å². The van der Waals surface area contributed by atoms with E-state index >= 15 is 0 Å². The van der Waals surface area contributed by atoms with Crippen LogP contribution in [-0.4, -0.2) is 24.3 Å². The summed E-state index contributed by atoms with van der Waals surface area (Å²) in [7, 11) is 0. The Balaban J connectivity index is 2.54. The zero-order valence-electron chi connectivity index (χ0n) is 12.3. The van der Waals surface area contributed by atoms with Crippen LogP contribution in [0.3, 0.4) is 0 Å². The fourth-order valence-electron chi connectivity index (χ4n) is 1.85. The lowest BCUT2D eigenvalue weighted by atomic mass is 10.2. The summed E-state index contributed by atoms with van der Waals surface area (Å²) in [6.45, 7) is 0. The molecule has 0 bridgehead atoms. The lowest BCUT2D eigenvalue weighted by Crippen LogP contribution is -1.85. The monoisotopic (exact) mass is 334 g/mol.